The van der Waals surface area contributed by atoms with Gasteiger partial charge in [-0.2, -0.15) is 0 Å². The Morgan fingerprint density at radius 1 is 1.17 bits per heavy atom. The van der Waals surface area contributed by atoms with Crippen molar-refractivity contribution in [2.75, 3.05) is 0 Å². The Kier molecular flexibility index (Phi) is 7.04. The summed E-state index contributed by atoms with van der Waals surface area (Å²) in [5.74, 6) is -0.978. The largest absolute Gasteiger partial charge is 0.393 e. The van der Waals surface area contributed by atoms with Crippen LogP contribution in [0.15, 0.2) is 53.4 Å². The molecule has 9 heteroatoms. The first-order valence-electron chi connectivity index (χ1n) is 11.9. The van der Waals surface area contributed by atoms with Gasteiger partial charge >= 0.3 is 0 Å². The maximum atomic E-state index is 13.4. The molecule has 7 nitrogen and oxygen atoms in total. The molecule has 1 unspecified atom stereocenters. The third-order valence-electron chi connectivity index (χ3n) is 7.36. The summed E-state index contributed by atoms with van der Waals surface area (Å²) in [6.07, 6.45) is 1.76. The van der Waals surface area contributed by atoms with E-state index in [0.29, 0.717) is 37.6 Å². The molecule has 1 aliphatic carbocycles. The van der Waals surface area contributed by atoms with Crippen molar-refractivity contribution in [3.63, 3.8) is 0 Å². The molecule has 0 radical (unpaired) electrons. The van der Waals surface area contributed by atoms with Gasteiger partial charge in [0, 0.05) is 23.7 Å². The number of H-pyrrole nitrogens is 1. The Bertz CT molecular complexity index is 1310. The van der Waals surface area contributed by atoms with E-state index in [9.17, 15) is 22.7 Å². The predicted octanol–water partition coefficient (Wildman–Crippen LogP) is 3.73. The van der Waals surface area contributed by atoms with Crippen LogP contribution in [0, 0.1) is 11.2 Å². The number of nitrogens with one attached hydrogen (secondary N) is 2. The van der Waals surface area contributed by atoms with Gasteiger partial charge in [0.25, 0.3) is 0 Å². The Morgan fingerprint density at radius 2 is 1.83 bits per heavy atom. The smallest absolute Gasteiger partial charge is 0.240 e. The number of benzene rings is 2. The zero-order valence-electron chi connectivity index (χ0n) is 19.9. The highest BCUT2D eigenvalue weighted by Crippen LogP contribution is 2.47. The standard InChI is InChI=1S/C26H32FN3O4S/c1-16(31)13-22-14-19-5-8-23(15-24(19)29-22)35(33,34)30-21-9-11-26(12-10-21,25(28)32)17(2)18-3-6-20(27)7-4-18/h3-8,14-17,21,29-31H,9-13H2,1-2H3,(H2,28,32)/t16?,17-,21?,26?/m1/s1. The minimum atomic E-state index is -3.78. The summed E-state index contributed by atoms with van der Waals surface area (Å²) in [4.78, 5) is 15.9. The van der Waals surface area contributed by atoms with Gasteiger partial charge in [-0.3, -0.25) is 4.79 Å². The van der Waals surface area contributed by atoms with E-state index >= 15 is 0 Å². The van der Waals surface area contributed by atoms with Crippen molar-refractivity contribution >= 4 is 26.8 Å². The first-order valence-corrected chi connectivity index (χ1v) is 13.4. The molecular formula is C26H32FN3O4S. The second-order valence-corrected chi connectivity index (χ2v) is 11.5. The Hall–Kier alpha value is -2.75. The van der Waals surface area contributed by atoms with Crippen LogP contribution < -0.4 is 10.5 Å². The number of carbonyl (C=O) groups excluding carboxylic acids is 1. The first kappa shape index (κ1) is 25.3. The molecule has 1 amide bonds. The lowest BCUT2D eigenvalue weighted by Gasteiger charge is -2.42. The lowest BCUT2D eigenvalue weighted by molar-refractivity contribution is -0.131. The van der Waals surface area contributed by atoms with Crippen LogP contribution in [0.5, 0.6) is 0 Å². The van der Waals surface area contributed by atoms with Crippen molar-refractivity contribution in [1.82, 2.24) is 9.71 Å². The van der Waals surface area contributed by atoms with Gasteiger partial charge in [-0.1, -0.05) is 25.1 Å². The van der Waals surface area contributed by atoms with Crippen molar-refractivity contribution in [3.8, 4) is 0 Å². The van der Waals surface area contributed by atoms with E-state index in [4.69, 9.17) is 5.73 Å². The minimum absolute atomic E-state index is 0.155. The Labute approximate surface area is 205 Å². The van der Waals surface area contributed by atoms with E-state index in [1.54, 1.807) is 37.3 Å². The second kappa shape index (κ2) is 9.72. The topological polar surface area (TPSA) is 125 Å². The average Bonchev–Trinajstić information content (AvgIpc) is 3.20. The fraction of sp³-hybridized carbons (Fsp3) is 0.423. The van der Waals surface area contributed by atoms with Crippen molar-refractivity contribution in [1.29, 1.82) is 0 Å². The summed E-state index contributed by atoms with van der Waals surface area (Å²) in [7, 11) is -3.78. The van der Waals surface area contributed by atoms with Gasteiger partial charge in [0.05, 0.1) is 16.4 Å². The lowest BCUT2D eigenvalue weighted by Crippen LogP contribution is -2.48. The summed E-state index contributed by atoms with van der Waals surface area (Å²) in [5, 5.41) is 10.5. The van der Waals surface area contributed by atoms with E-state index in [-0.39, 0.29) is 22.7 Å². The number of halogens is 1. The number of hydrogen-bond acceptors (Lipinski definition) is 4. The zero-order chi connectivity index (χ0) is 25.4. The third kappa shape index (κ3) is 5.27. The van der Waals surface area contributed by atoms with Gasteiger partial charge in [-0.05, 0) is 79.8 Å². The number of primary amides is 1. The van der Waals surface area contributed by atoms with Gasteiger partial charge < -0.3 is 15.8 Å². The molecule has 1 aromatic heterocycles. The van der Waals surface area contributed by atoms with Gasteiger partial charge in [0.1, 0.15) is 5.82 Å². The Morgan fingerprint density at radius 3 is 2.43 bits per heavy atom. The molecule has 0 saturated heterocycles. The number of aliphatic hydroxyl groups excluding tert-OH is 1. The molecule has 5 N–H and O–H groups in total. The van der Waals surface area contributed by atoms with Crippen molar-refractivity contribution in [2.24, 2.45) is 11.1 Å². The molecular weight excluding hydrogens is 469 g/mol. The summed E-state index contributed by atoms with van der Waals surface area (Å²) >= 11 is 0. The highest BCUT2D eigenvalue weighted by atomic mass is 32.2. The van der Waals surface area contributed by atoms with Crippen LogP contribution in [0.4, 0.5) is 4.39 Å². The highest BCUT2D eigenvalue weighted by Gasteiger charge is 2.45. The number of sulfonamides is 1. The molecule has 2 aromatic carbocycles. The molecule has 2 atom stereocenters. The van der Waals surface area contributed by atoms with Gasteiger partial charge in [-0.15, -0.1) is 0 Å². The van der Waals surface area contributed by atoms with Gasteiger partial charge in [0.2, 0.25) is 15.9 Å². The molecule has 3 aromatic rings. The molecule has 0 aliphatic heterocycles. The molecule has 1 saturated carbocycles. The fourth-order valence-electron chi connectivity index (χ4n) is 5.26. The number of fused-ring (bicyclic) bond motifs is 1. The second-order valence-electron chi connectivity index (χ2n) is 9.79. The summed E-state index contributed by atoms with van der Waals surface area (Å²) < 4.78 is 42.4. The summed E-state index contributed by atoms with van der Waals surface area (Å²) in [5.41, 5.74) is 7.39. The van der Waals surface area contributed by atoms with E-state index < -0.39 is 27.4 Å². The van der Waals surface area contributed by atoms with Crippen LogP contribution in [-0.4, -0.2) is 36.6 Å². The number of rotatable bonds is 8. The summed E-state index contributed by atoms with van der Waals surface area (Å²) in [6, 6.07) is 12.6. The molecule has 1 aliphatic rings. The normalized spacial score (nSPS) is 22.7. The maximum Gasteiger partial charge on any atom is 0.240 e. The molecule has 0 spiro atoms. The van der Waals surface area contributed by atoms with E-state index in [2.05, 4.69) is 9.71 Å². The minimum Gasteiger partial charge on any atom is -0.393 e. The van der Waals surface area contributed by atoms with Crippen LogP contribution in [0.1, 0.15) is 56.7 Å². The number of aliphatic hydroxyl groups is 1. The molecule has 1 fully saturated rings. The van der Waals surface area contributed by atoms with Gasteiger partial charge in [-0.25, -0.2) is 17.5 Å². The Balaban J connectivity index is 1.47. The van der Waals surface area contributed by atoms with E-state index in [1.165, 1.54) is 12.1 Å². The van der Waals surface area contributed by atoms with Crippen molar-refractivity contribution in [3.05, 3.63) is 65.6 Å². The van der Waals surface area contributed by atoms with Crippen LogP contribution in [-0.2, 0) is 21.2 Å². The molecule has 1 heterocycles. The number of carbonyl (C=O) groups is 1. The van der Waals surface area contributed by atoms with Crippen molar-refractivity contribution < 1.29 is 22.7 Å². The van der Waals surface area contributed by atoms with Gasteiger partial charge in [0.15, 0.2) is 0 Å². The molecule has 35 heavy (non-hydrogen) atoms. The number of aromatic nitrogens is 1. The van der Waals surface area contributed by atoms with Crippen LogP contribution >= 0.6 is 0 Å². The fourth-order valence-corrected chi connectivity index (χ4v) is 6.59. The average molecular weight is 502 g/mol. The zero-order valence-corrected chi connectivity index (χ0v) is 20.7. The molecule has 0 bridgehead atoms. The van der Waals surface area contributed by atoms with Crippen LogP contribution in [0.2, 0.25) is 0 Å². The third-order valence-corrected chi connectivity index (χ3v) is 8.88. The SMILES string of the molecule is CC(O)Cc1cc2ccc(S(=O)(=O)NC3CCC(C(N)=O)([C@H](C)c4ccc(F)cc4)CC3)cc2[nH]1. The first-order chi connectivity index (χ1) is 16.5. The maximum absolute atomic E-state index is 13.4. The van der Waals surface area contributed by atoms with Crippen molar-refractivity contribution in [2.45, 2.75) is 68.9 Å². The lowest BCUT2D eigenvalue weighted by atomic mass is 9.63. The molecule has 4 rings (SSSR count). The predicted molar refractivity (Wildman–Crippen MR) is 133 cm³/mol. The number of aromatic amines is 1. The summed E-state index contributed by atoms with van der Waals surface area (Å²) in [6.45, 7) is 3.61. The number of amides is 1. The quantitative estimate of drug-likeness (QED) is 0.375. The highest BCUT2D eigenvalue weighted by molar-refractivity contribution is 7.89. The van der Waals surface area contributed by atoms with E-state index in [1.807, 2.05) is 13.0 Å². The number of hydrogen-bond donors (Lipinski definition) is 4. The number of nitrogens with two attached hydrogens (primary N) is 1. The van der Waals surface area contributed by atoms with Crippen LogP contribution in [0.3, 0.4) is 0 Å². The molecule has 188 valence electrons. The van der Waals surface area contributed by atoms with Crippen LogP contribution in [0.25, 0.3) is 10.9 Å². The van der Waals surface area contributed by atoms with E-state index in [0.717, 1.165) is 16.6 Å². The monoisotopic (exact) mass is 501 g/mol.